The number of nitrogen functional groups attached to an aromatic ring is 1. The summed E-state index contributed by atoms with van der Waals surface area (Å²) in [6.45, 7) is 7.69. The summed E-state index contributed by atoms with van der Waals surface area (Å²) >= 11 is 0. The summed E-state index contributed by atoms with van der Waals surface area (Å²) in [7, 11) is 0. The van der Waals surface area contributed by atoms with Gasteiger partial charge in [-0.25, -0.2) is 4.98 Å². The van der Waals surface area contributed by atoms with Crippen molar-refractivity contribution in [1.82, 2.24) is 4.98 Å². The zero-order valence-electron chi connectivity index (χ0n) is 9.70. The van der Waals surface area contributed by atoms with E-state index >= 15 is 0 Å². The van der Waals surface area contributed by atoms with Crippen molar-refractivity contribution in [2.75, 3.05) is 17.2 Å². The lowest BCUT2D eigenvalue weighted by Crippen LogP contribution is -2.27. The molecule has 2 unspecified atom stereocenters. The molecule has 0 radical (unpaired) electrons. The smallest absolute Gasteiger partial charge is 0.129 e. The maximum atomic E-state index is 5.77. The molecule has 0 aromatic carbocycles. The Morgan fingerprint density at radius 3 is 2.73 bits per heavy atom. The minimum atomic E-state index is 0.593. The van der Waals surface area contributed by atoms with Gasteiger partial charge < -0.3 is 10.6 Å². The van der Waals surface area contributed by atoms with Gasteiger partial charge in [-0.1, -0.05) is 6.92 Å². The first-order valence-corrected chi connectivity index (χ1v) is 5.56. The van der Waals surface area contributed by atoms with Gasteiger partial charge in [0.1, 0.15) is 5.82 Å². The highest BCUT2D eigenvalue weighted by Gasteiger charge is 2.26. The largest absolute Gasteiger partial charge is 0.397 e. The lowest BCUT2D eigenvalue weighted by molar-refractivity contribution is 0.625. The maximum absolute atomic E-state index is 5.77. The SMILES string of the molecule is Cc1cc(N2CC(C)CC2C)ncc1N. The maximum Gasteiger partial charge on any atom is 0.129 e. The molecule has 1 aliphatic rings. The summed E-state index contributed by atoms with van der Waals surface area (Å²) in [4.78, 5) is 6.78. The molecule has 2 rings (SSSR count). The molecule has 2 heterocycles. The molecular formula is C12H19N3. The number of aryl methyl sites for hydroxylation is 1. The Kier molecular flexibility index (Phi) is 2.55. The van der Waals surface area contributed by atoms with Crippen LogP contribution in [0, 0.1) is 12.8 Å². The van der Waals surface area contributed by atoms with E-state index in [4.69, 9.17) is 5.73 Å². The molecule has 15 heavy (non-hydrogen) atoms. The fourth-order valence-electron chi connectivity index (χ4n) is 2.33. The van der Waals surface area contributed by atoms with Gasteiger partial charge in [-0.3, -0.25) is 0 Å². The summed E-state index contributed by atoms with van der Waals surface area (Å²) in [5, 5.41) is 0. The van der Waals surface area contributed by atoms with Crippen LogP contribution < -0.4 is 10.6 Å². The molecule has 1 saturated heterocycles. The molecule has 82 valence electrons. The van der Waals surface area contributed by atoms with E-state index in [1.54, 1.807) is 6.20 Å². The minimum absolute atomic E-state index is 0.593. The van der Waals surface area contributed by atoms with Gasteiger partial charge in [-0.05, 0) is 37.8 Å². The van der Waals surface area contributed by atoms with E-state index in [-0.39, 0.29) is 0 Å². The van der Waals surface area contributed by atoms with E-state index < -0.39 is 0 Å². The van der Waals surface area contributed by atoms with Crippen molar-refractivity contribution in [3.63, 3.8) is 0 Å². The van der Waals surface area contributed by atoms with Crippen LogP contribution in [0.1, 0.15) is 25.8 Å². The zero-order valence-corrected chi connectivity index (χ0v) is 9.70. The first kappa shape index (κ1) is 10.3. The van der Waals surface area contributed by atoms with E-state index in [1.807, 2.05) is 6.92 Å². The van der Waals surface area contributed by atoms with Crippen molar-refractivity contribution >= 4 is 11.5 Å². The predicted octanol–water partition coefficient (Wildman–Crippen LogP) is 2.21. The van der Waals surface area contributed by atoms with Gasteiger partial charge in [-0.2, -0.15) is 0 Å². The Bertz CT molecular complexity index is 362. The van der Waals surface area contributed by atoms with Crippen molar-refractivity contribution in [3.05, 3.63) is 17.8 Å². The second-order valence-corrected chi connectivity index (χ2v) is 4.74. The third kappa shape index (κ3) is 1.91. The monoisotopic (exact) mass is 205 g/mol. The zero-order chi connectivity index (χ0) is 11.0. The van der Waals surface area contributed by atoms with Gasteiger partial charge in [0.25, 0.3) is 0 Å². The molecule has 2 atom stereocenters. The van der Waals surface area contributed by atoms with E-state index in [2.05, 4.69) is 29.8 Å². The first-order chi connectivity index (χ1) is 7.08. The van der Waals surface area contributed by atoms with Crippen LogP contribution >= 0.6 is 0 Å². The van der Waals surface area contributed by atoms with Crippen molar-refractivity contribution in [2.45, 2.75) is 33.2 Å². The van der Waals surface area contributed by atoms with E-state index in [0.717, 1.165) is 29.5 Å². The number of anilines is 2. The highest BCUT2D eigenvalue weighted by molar-refractivity contribution is 5.53. The normalized spacial score (nSPS) is 25.9. The lowest BCUT2D eigenvalue weighted by Gasteiger charge is -2.23. The average Bonchev–Trinajstić information content (AvgIpc) is 2.50. The Balaban J connectivity index is 2.26. The van der Waals surface area contributed by atoms with Crippen LogP contribution in [-0.4, -0.2) is 17.6 Å². The van der Waals surface area contributed by atoms with Crippen LogP contribution in [0.5, 0.6) is 0 Å². The number of pyridine rings is 1. The second kappa shape index (κ2) is 3.72. The van der Waals surface area contributed by atoms with Crippen molar-refractivity contribution < 1.29 is 0 Å². The molecule has 0 spiro atoms. The Labute approximate surface area is 91.3 Å². The lowest BCUT2D eigenvalue weighted by atomic mass is 10.1. The third-order valence-electron chi connectivity index (χ3n) is 3.22. The second-order valence-electron chi connectivity index (χ2n) is 4.74. The Morgan fingerprint density at radius 2 is 2.20 bits per heavy atom. The number of hydrogen-bond donors (Lipinski definition) is 1. The van der Waals surface area contributed by atoms with Crippen LogP contribution in [-0.2, 0) is 0 Å². The average molecular weight is 205 g/mol. The quantitative estimate of drug-likeness (QED) is 0.764. The highest BCUT2D eigenvalue weighted by Crippen LogP contribution is 2.28. The fourth-order valence-corrected chi connectivity index (χ4v) is 2.33. The summed E-state index contributed by atoms with van der Waals surface area (Å²) < 4.78 is 0. The number of aromatic nitrogens is 1. The fraction of sp³-hybridized carbons (Fsp3) is 0.583. The molecule has 0 bridgehead atoms. The molecule has 0 saturated carbocycles. The van der Waals surface area contributed by atoms with Crippen LogP contribution in [0.3, 0.4) is 0 Å². The summed E-state index contributed by atoms with van der Waals surface area (Å²) in [5.41, 5.74) is 7.66. The van der Waals surface area contributed by atoms with Crippen LogP contribution in [0.2, 0.25) is 0 Å². The van der Waals surface area contributed by atoms with E-state index in [9.17, 15) is 0 Å². The molecular weight excluding hydrogens is 186 g/mol. The number of hydrogen-bond acceptors (Lipinski definition) is 3. The molecule has 1 aromatic rings. The molecule has 2 N–H and O–H groups in total. The first-order valence-electron chi connectivity index (χ1n) is 5.56. The van der Waals surface area contributed by atoms with Crippen LogP contribution in [0.15, 0.2) is 12.3 Å². The molecule has 3 heteroatoms. The molecule has 0 amide bonds. The highest BCUT2D eigenvalue weighted by atomic mass is 15.2. The summed E-state index contributed by atoms with van der Waals surface area (Å²) in [5.74, 6) is 1.83. The minimum Gasteiger partial charge on any atom is -0.397 e. The molecule has 1 aromatic heterocycles. The van der Waals surface area contributed by atoms with Crippen molar-refractivity contribution in [2.24, 2.45) is 5.92 Å². The Morgan fingerprint density at radius 1 is 1.47 bits per heavy atom. The van der Waals surface area contributed by atoms with Gasteiger partial charge in [0, 0.05) is 12.6 Å². The van der Waals surface area contributed by atoms with Gasteiger partial charge in [-0.15, -0.1) is 0 Å². The number of rotatable bonds is 1. The van der Waals surface area contributed by atoms with E-state index in [1.165, 1.54) is 6.42 Å². The molecule has 1 aliphatic heterocycles. The van der Waals surface area contributed by atoms with Gasteiger partial charge in [0.15, 0.2) is 0 Å². The van der Waals surface area contributed by atoms with Crippen molar-refractivity contribution in [3.8, 4) is 0 Å². The van der Waals surface area contributed by atoms with Gasteiger partial charge in [0.2, 0.25) is 0 Å². The predicted molar refractivity (Wildman–Crippen MR) is 64.0 cm³/mol. The van der Waals surface area contributed by atoms with Crippen LogP contribution in [0.4, 0.5) is 11.5 Å². The Hall–Kier alpha value is -1.25. The summed E-state index contributed by atoms with van der Waals surface area (Å²) in [6.07, 6.45) is 3.02. The number of nitrogens with two attached hydrogens (primary N) is 1. The van der Waals surface area contributed by atoms with E-state index in [0.29, 0.717) is 6.04 Å². The van der Waals surface area contributed by atoms with Gasteiger partial charge >= 0.3 is 0 Å². The summed E-state index contributed by atoms with van der Waals surface area (Å²) in [6, 6.07) is 2.68. The van der Waals surface area contributed by atoms with Gasteiger partial charge in [0.05, 0.1) is 11.9 Å². The molecule has 0 aliphatic carbocycles. The topological polar surface area (TPSA) is 42.2 Å². The van der Waals surface area contributed by atoms with Crippen LogP contribution in [0.25, 0.3) is 0 Å². The standard InChI is InChI=1S/C12H19N3/c1-8-4-10(3)15(7-8)12-5-9(2)11(13)6-14-12/h5-6,8,10H,4,7,13H2,1-3H3. The molecule has 3 nitrogen and oxygen atoms in total. The van der Waals surface area contributed by atoms with Crippen molar-refractivity contribution in [1.29, 1.82) is 0 Å². The molecule has 1 fully saturated rings. The number of nitrogens with zero attached hydrogens (tertiary/aromatic N) is 2. The third-order valence-corrected chi connectivity index (χ3v) is 3.22.